The number of guanidine groups is 1. The summed E-state index contributed by atoms with van der Waals surface area (Å²) in [5, 5.41) is 6.68. The minimum Gasteiger partial charge on any atom is -0.496 e. The molecule has 0 unspecified atom stereocenters. The van der Waals surface area contributed by atoms with Gasteiger partial charge >= 0.3 is 0 Å². The van der Waals surface area contributed by atoms with Crippen molar-refractivity contribution in [3.8, 4) is 5.75 Å². The van der Waals surface area contributed by atoms with E-state index >= 15 is 0 Å². The largest absolute Gasteiger partial charge is 0.496 e. The van der Waals surface area contributed by atoms with E-state index in [9.17, 15) is 4.79 Å². The van der Waals surface area contributed by atoms with E-state index in [1.165, 1.54) is 5.56 Å². The van der Waals surface area contributed by atoms with Crippen molar-refractivity contribution in [2.75, 3.05) is 20.2 Å². The van der Waals surface area contributed by atoms with Gasteiger partial charge in [0, 0.05) is 38.2 Å². The van der Waals surface area contributed by atoms with Crippen LogP contribution in [0.4, 0.5) is 0 Å². The zero-order chi connectivity index (χ0) is 21.3. The van der Waals surface area contributed by atoms with E-state index < -0.39 is 0 Å². The molecule has 0 spiro atoms. The van der Waals surface area contributed by atoms with E-state index in [0.29, 0.717) is 26.1 Å². The summed E-state index contributed by atoms with van der Waals surface area (Å²) in [6, 6.07) is 14.5. The van der Waals surface area contributed by atoms with Crippen molar-refractivity contribution in [2.45, 2.75) is 46.3 Å². The number of carbonyl (C=O) groups is 1. The quantitative estimate of drug-likeness (QED) is 0.519. The monoisotopic (exact) mass is 408 g/mol. The van der Waals surface area contributed by atoms with E-state index in [1.54, 1.807) is 7.11 Å². The summed E-state index contributed by atoms with van der Waals surface area (Å²) in [5.74, 6) is 1.89. The van der Waals surface area contributed by atoms with Crippen molar-refractivity contribution >= 4 is 11.9 Å². The van der Waals surface area contributed by atoms with E-state index in [-0.39, 0.29) is 5.91 Å². The number of methoxy groups -OCH3 is 1. The zero-order valence-electron chi connectivity index (χ0n) is 18.2. The molecule has 6 heteroatoms. The standard InChI is InChI=1S/C24H32N4O2/c1-4-25-24(27-16-21-11-10-18(2)13-22(21)30-3)26-15-19-7-5-8-20(14-19)17-28-12-6-9-23(28)29/h5,7-8,10-11,13-14H,4,6,9,12,15-17H2,1-3H3,(H2,25,26,27). The highest BCUT2D eigenvalue weighted by atomic mass is 16.5. The Balaban J connectivity index is 1.63. The summed E-state index contributed by atoms with van der Waals surface area (Å²) >= 11 is 0. The van der Waals surface area contributed by atoms with Crippen LogP contribution in [-0.4, -0.2) is 37.0 Å². The molecule has 160 valence electrons. The highest BCUT2D eigenvalue weighted by molar-refractivity contribution is 5.80. The zero-order valence-corrected chi connectivity index (χ0v) is 18.2. The molecule has 1 aliphatic rings. The number of aryl methyl sites for hydroxylation is 1. The third-order valence-corrected chi connectivity index (χ3v) is 5.19. The van der Waals surface area contributed by atoms with E-state index in [2.05, 4.69) is 54.8 Å². The fourth-order valence-electron chi connectivity index (χ4n) is 3.61. The Labute approximate surface area is 179 Å². The first-order valence-electron chi connectivity index (χ1n) is 10.6. The molecule has 0 bridgehead atoms. The molecule has 0 saturated carbocycles. The molecule has 1 saturated heterocycles. The molecule has 1 heterocycles. The van der Waals surface area contributed by atoms with Gasteiger partial charge < -0.3 is 20.3 Å². The summed E-state index contributed by atoms with van der Waals surface area (Å²) in [6.07, 6.45) is 1.64. The van der Waals surface area contributed by atoms with Crippen molar-refractivity contribution in [3.05, 3.63) is 64.7 Å². The van der Waals surface area contributed by atoms with Gasteiger partial charge in [0.2, 0.25) is 5.91 Å². The minimum atomic E-state index is 0.253. The van der Waals surface area contributed by atoms with Crippen LogP contribution in [0.1, 0.15) is 42.0 Å². The first kappa shape index (κ1) is 21.7. The molecular formula is C24H32N4O2. The molecule has 0 radical (unpaired) electrons. The fraction of sp³-hybridized carbons (Fsp3) is 0.417. The smallest absolute Gasteiger partial charge is 0.222 e. The van der Waals surface area contributed by atoms with E-state index in [4.69, 9.17) is 9.73 Å². The number of benzene rings is 2. The normalized spacial score (nSPS) is 14.2. The van der Waals surface area contributed by atoms with Crippen LogP contribution in [-0.2, 0) is 24.4 Å². The third kappa shape index (κ3) is 5.99. The van der Waals surface area contributed by atoms with Crippen LogP contribution in [0.5, 0.6) is 5.75 Å². The number of amides is 1. The van der Waals surface area contributed by atoms with Crippen molar-refractivity contribution in [1.29, 1.82) is 0 Å². The van der Waals surface area contributed by atoms with Crippen LogP contribution in [0.3, 0.4) is 0 Å². The number of likely N-dealkylation sites (tertiary alicyclic amines) is 1. The Morgan fingerprint density at radius 3 is 2.73 bits per heavy atom. The molecule has 3 rings (SSSR count). The number of carbonyl (C=O) groups excluding carboxylic acids is 1. The number of nitrogens with zero attached hydrogens (tertiary/aromatic N) is 2. The van der Waals surface area contributed by atoms with Gasteiger partial charge in [-0.25, -0.2) is 4.99 Å². The molecule has 2 N–H and O–H groups in total. The minimum absolute atomic E-state index is 0.253. The maximum atomic E-state index is 11.9. The number of hydrogen-bond donors (Lipinski definition) is 2. The van der Waals surface area contributed by atoms with Gasteiger partial charge in [0.15, 0.2) is 5.96 Å². The first-order chi connectivity index (χ1) is 14.6. The molecule has 0 atom stereocenters. The lowest BCUT2D eigenvalue weighted by Crippen LogP contribution is -2.36. The number of ether oxygens (including phenoxy) is 1. The van der Waals surface area contributed by atoms with Gasteiger partial charge in [-0.1, -0.05) is 36.4 Å². The van der Waals surface area contributed by atoms with Crippen LogP contribution in [0.15, 0.2) is 47.5 Å². The molecular weight excluding hydrogens is 376 g/mol. The molecule has 0 aliphatic carbocycles. The highest BCUT2D eigenvalue weighted by Gasteiger charge is 2.19. The van der Waals surface area contributed by atoms with Crippen LogP contribution in [0, 0.1) is 6.92 Å². The lowest BCUT2D eigenvalue weighted by atomic mass is 10.1. The predicted octanol–water partition coefficient (Wildman–Crippen LogP) is 3.38. The second-order valence-electron chi connectivity index (χ2n) is 7.60. The lowest BCUT2D eigenvalue weighted by Gasteiger charge is -2.16. The van der Waals surface area contributed by atoms with Crippen molar-refractivity contribution in [2.24, 2.45) is 4.99 Å². The molecule has 1 aliphatic heterocycles. The summed E-state index contributed by atoms with van der Waals surface area (Å²) < 4.78 is 5.49. The summed E-state index contributed by atoms with van der Waals surface area (Å²) in [7, 11) is 1.69. The Hall–Kier alpha value is -3.02. The molecule has 0 aromatic heterocycles. The van der Waals surface area contributed by atoms with Gasteiger partial charge in [-0.05, 0) is 43.0 Å². The van der Waals surface area contributed by atoms with Crippen LogP contribution < -0.4 is 15.4 Å². The second-order valence-corrected chi connectivity index (χ2v) is 7.60. The lowest BCUT2D eigenvalue weighted by molar-refractivity contribution is -0.128. The van der Waals surface area contributed by atoms with E-state index in [1.807, 2.05) is 17.0 Å². The maximum absolute atomic E-state index is 11.9. The Bertz CT molecular complexity index is 895. The van der Waals surface area contributed by atoms with Crippen LogP contribution in [0.2, 0.25) is 0 Å². The van der Waals surface area contributed by atoms with Gasteiger partial charge in [0.1, 0.15) is 5.75 Å². The fourth-order valence-corrected chi connectivity index (χ4v) is 3.61. The molecule has 2 aromatic carbocycles. The number of hydrogen-bond acceptors (Lipinski definition) is 3. The first-order valence-corrected chi connectivity index (χ1v) is 10.6. The molecule has 2 aromatic rings. The third-order valence-electron chi connectivity index (χ3n) is 5.19. The van der Waals surface area contributed by atoms with Crippen LogP contribution >= 0.6 is 0 Å². The van der Waals surface area contributed by atoms with Gasteiger partial charge in [0.25, 0.3) is 0 Å². The highest BCUT2D eigenvalue weighted by Crippen LogP contribution is 2.19. The Morgan fingerprint density at radius 2 is 2.00 bits per heavy atom. The molecule has 30 heavy (non-hydrogen) atoms. The average Bonchev–Trinajstić information content (AvgIpc) is 3.15. The van der Waals surface area contributed by atoms with Crippen molar-refractivity contribution in [1.82, 2.24) is 15.5 Å². The molecule has 1 amide bonds. The number of nitrogens with one attached hydrogen (secondary N) is 2. The Kier molecular flexibility index (Phi) is 7.71. The number of aliphatic imine (C=N–C) groups is 1. The topological polar surface area (TPSA) is 66.0 Å². The average molecular weight is 409 g/mol. The SMILES string of the molecule is CCNC(=NCc1cccc(CN2CCCC2=O)c1)NCc1ccc(C)cc1OC. The van der Waals surface area contributed by atoms with Gasteiger partial charge in [0.05, 0.1) is 13.7 Å². The summed E-state index contributed by atoms with van der Waals surface area (Å²) in [6.45, 7) is 7.64. The van der Waals surface area contributed by atoms with E-state index in [0.717, 1.165) is 47.9 Å². The number of rotatable bonds is 8. The maximum Gasteiger partial charge on any atom is 0.222 e. The molecule has 1 fully saturated rings. The summed E-state index contributed by atoms with van der Waals surface area (Å²) in [5.41, 5.74) is 4.54. The van der Waals surface area contributed by atoms with Gasteiger partial charge in [-0.2, -0.15) is 0 Å². The predicted molar refractivity (Wildman–Crippen MR) is 120 cm³/mol. The van der Waals surface area contributed by atoms with Gasteiger partial charge in [-0.15, -0.1) is 0 Å². The Morgan fingerprint density at radius 1 is 1.17 bits per heavy atom. The second kappa shape index (κ2) is 10.7. The van der Waals surface area contributed by atoms with Crippen molar-refractivity contribution < 1.29 is 9.53 Å². The van der Waals surface area contributed by atoms with Gasteiger partial charge in [-0.3, -0.25) is 4.79 Å². The van der Waals surface area contributed by atoms with Crippen LogP contribution in [0.25, 0.3) is 0 Å². The molecule has 6 nitrogen and oxygen atoms in total. The van der Waals surface area contributed by atoms with Crippen molar-refractivity contribution in [3.63, 3.8) is 0 Å². The summed E-state index contributed by atoms with van der Waals surface area (Å²) in [4.78, 5) is 18.5.